The lowest BCUT2D eigenvalue weighted by molar-refractivity contribution is -0.379. The molecule has 0 aliphatic carbocycles. The Bertz CT molecular complexity index is 558. The van der Waals surface area contributed by atoms with Crippen LogP contribution in [0, 0.1) is 17.0 Å². The lowest BCUT2D eigenvalue weighted by atomic mass is 10.4. The number of imidazole rings is 1. The molecule has 0 spiro atoms. The van der Waals surface area contributed by atoms with Crippen LogP contribution in [-0.4, -0.2) is 20.8 Å². The molecule has 0 radical (unpaired) electrons. The molecule has 0 N–H and O–H groups in total. The molecule has 0 saturated carbocycles. The lowest BCUT2D eigenvalue weighted by Gasteiger charge is -1.95. The van der Waals surface area contributed by atoms with Crippen molar-refractivity contribution >= 4 is 22.6 Å². The first kappa shape index (κ1) is 10.5. The van der Waals surface area contributed by atoms with Crippen LogP contribution >= 0.6 is 11.3 Å². The second-order valence-electron chi connectivity index (χ2n) is 3.14. The first-order valence-electron chi connectivity index (χ1n) is 4.36. The maximum absolute atomic E-state index is 10.8. The number of carbonyl (C=O) groups excluding carboxylic acids is 1. The Morgan fingerprint density at radius 1 is 1.62 bits per heavy atom. The Balaban J connectivity index is 2.58. The number of thiophene rings is 1. The van der Waals surface area contributed by atoms with Crippen molar-refractivity contribution in [2.75, 3.05) is 0 Å². The Hall–Kier alpha value is -2.02. The van der Waals surface area contributed by atoms with E-state index in [9.17, 15) is 14.9 Å². The minimum Gasteiger partial charge on any atom is -0.299 e. The summed E-state index contributed by atoms with van der Waals surface area (Å²) in [7, 11) is 0. The van der Waals surface area contributed by atoms with Gasteiger partial charge in [0.2, 0.25) is 0 Å². The van der Waals surface area contributed by atoms with Gasteiger partial charge in [0.1, 0.15) is 5.69 Å². The third-order valence-electron chi connectivity index (χ3n) is 1.98. The quantitative estimate of drug-likeness (QED) is 0.464. The van der Waals surface area contributed by atoms with Crippen LogP contribution in [0.2, 0.25) is 0 Å². The standard InChI is InChI=1S/C9H7N3O3S/c1-6-3-11(5-10-6)8-2-7(4-13)16-9(8)12(14)15/h2-5H,1H3. The van der Waals surface area contributed by atoms with Gasteiger partial charge in [-0.15, -0.1) is 0 Å². The first-order chi connectivity index (χ1) is 7.61. The normalized spacial score (nSPS) is 10.3. The van der Waals surface area contributed by atoms with Gasteiger partial charge >= 0.3 is 5.00 Å². The molecule has 0 aliphatic heterocycles. The molecule has 7 heteroatoms. The van der Waals surface area contributed by atoms with E-state index in [-0.39, 0.29) is 5.00 Å². The molecule has 0 fully saturated rings. The molecule has 0 aliphatic rings. The molecule has 0 amide bonds. The van der Waals surface area contributed by atoms with Crippen molar-refractivity contribution in [3.8, 4) is 5.69 Å². The number of nitro groups is 1. The summed E-state index contributed by atoms with van der Waals surface area (Å²) in [6, 6.07) is 1.48. The zero-order valence-corrected chi connectivity index (χ0v) is 9.10. The predicted octanol–water partition coefficient (Wildman–Crippen LogP) is 1.96. The van der Waals surface area contributed by atoms with Gasteiger partial charge < -0.3 is 0 Å². The third-order valence-corrected chi connectivity index (χ3v) is 2.99. The number of aryl methyl sites for hydroxylation is 1. The van der Waals surface area contributed by atoms with Crippen LogP contribution in [-0.2, 0) is 0 Å². The Labute approximate surface area is 94.3 Å². The van der Waals surface area contributed by atoms with Crippen molar-refractivity contribution in [1.82, 2.24) is 9.55 Å². The molecule has 0 atom stereocenters. The van der Waals surface area contributed by atoms with Crippen molar-refractivity contribution in [2.24, 2.45) is 0 Å². The summed E-state index contributed by atoms with van der Waals surface area (Å²) in [6.07, 6.45) is 3.76. The van der Waals surface area contributed by atoms with Gasteiger partial charge in [0.05, 0.1) is 21.8 Å². The molecular formula is C9H7N3O3S. The second-order valence-corrected chi connectivity index (χ2v) is 4.20. The molecule has 2 rings (SSSR count). The van der Waals surface area contributed by atoms with Gasteiger partial charge in [-0.25, -0.2) is 4.98 Å². The number of aldehydes is 1. The largest absolute Gasteiger partial charge is 0.348 e. The SMILES string of the molecule is Cc1cn(-c2cc(C=O)sc2[N+](=O)[O-])cn1. The maximum Gasteiger partial charge on any atom is 0.348 e. The Morgan fingerprint density at radius 3 is 2.88 bits per heavy atom. The Morgan fingerprint density at radius 2 is 2.38 bits per heavy atom. The minimum atomic E-state index is -0.498. The van der Waals surface area contributed by atoms with Crippen LogP contribution < -0.4 is 0 Å². The van der Waals surface area contributed by atoms with E-state index in [1.54, 1.807) is 13.1 Å². The van der Waals surface area contributed by atoms with E-state index >= 15 is 0 Å². The van der Waals surface area contributed by atoms with Gasteiger partial charge in [0.25, 0.3) is 0 Å². The summed E-state index contributed by atoms with van der Waals surface area (Å²) in [5.41, 5.74) is 1.13. The fourth-order valence-corrected chi connectivity index (χ4v) is 2.10. The highest BCUT2D eigenvalue weighted by Crippen LogP contribution is 2.32. The molecule has 0 saturated heterocycles. The van der Waals surface area contributed by atoms with Crippen molar-refractivity contribution < 1.29 is 9.72 Å². The number of hydrogen-bond acceptors (Lipinski definition) is 5. The number of hydrogen-bond donors (Lipinski definition) is 0. The summed E-state index contributed by atoms with van der Waals surface area (Å²) in [5.74, 6) is 0. The summed E-state index contributed by atoms with van der Waals surface area (Å²) in [6.45, 7) is 1.79. The van der Waals surface area contributed by atoms with Crippen LogP contribution in [0.3, 0.4) is 0 Å². The van der Waals surface area contributed by atoms with E-state index < -0.39 is 4.92 Å². The highest BCUT2D eigenvalue weighted by molar-refractivity contribution is 7.17. The molecule has 2 aromatic heterocycles. The summed E-state index contributed by atoms with van der Waals surface area (Å²) in [5, 5.41) is 10.7. The van der Waals surface area contributed by atoms with Crippen molar-refractivity contribution in [3.05, 3.63) is 39.3 Å². The van der Waals surface area contributed by atoms with E-state index in [0.717, 1.165) is 17.0 Å². The van der Waals surface area contributed by atoms with Gasteiger partial charge in [0, 0.05) is 6.20 Å². The maximum atomic E-state index is 10.8. The van der Waals surface area contributed by atoms with Crippen molar-refractivity contribution in [2.45, 2.75) is 6.92 Å². The van der Waals surface area contributed by atoms with E-state index in [4.69, 9.17) is 0 Å². The van der Waals surface area contributed by atoms with Crippen LogP contribution in [0.25, 0.3) is 5.69 Å². The summed E-state index contributed by atoms with van der Waals surface area (Å²) in [4.78, 5) is 25.2. The van der Waals surface area contributed by atoms with Crippen LogP contribution in [0.4, 0.5) is 5.00 Å². The molecule has 6 nitrogen and oxygen atoms in total. The van der Waals surface area contributed by atoms with Gasteiger partial charge in [-0.05, 0) is 13.0 Å². The summed E-state index contributed by atoms with van der Waals surface area (Å²) >= 11 is 0.856. The van der Waals surface area contributed by atoms with Crippen molar-refractivity contribution in [1.29, 1.82) is 0 Å². The molecule has 2 heterocycles. The molecule has 0 unspecified atom stereocenters. The van der Waals surface area contributed by atoms with Gasteiger partial charge in [-0.3, -0.25) is 19.5 Å². The van der Waals surface area contributed by atoms with E-state index in [2.05, 4.69) is 4.98 Å². The van der Waals surface area contributed by atoms with E-state index in [1.165, 1.54) is 17.0 Å². The fourth-order valence-electron chi connectivity index (χ4n) is 1.32. The number of carbonyl (C=O) groups is 1. The number of rotatable bonds is 3. The van der Waals surface area contributed by atoms with Gasteiger partial charge in [-0.2, -0.15) is 0 Å². The van der Waals surface area contributed by atoms with Crippen LogP contribution in [0.15, 0.2) is 18.6 Å². The average Bonchev–Trinajstić information content (AvgIpc) is 2.82. The molecule has 0 aromatic carbocycles. The lowest BCUT2D eigenvalue weighted by Crippen LogP contribution is -1.93. The summed E-state index contributed by atoms with van der Waals surface area (Å²) < 4.78 is 1.54. The monoisotopic (exact) mass is 237 g/mol. The molecular weight excluding hydrogens is 230 g/mol. The third kappa shape index (κ3) is 1.72. The highest BCUT2D eigenvalue weighted by Gasteiger charge is 2.20. The van der Waals surface area contributed by atoms with Crippen LogP contribution in [0.1, 0.15) is 15.4 Å². The minimum absolute atomic E-state index is 0.0560. The topological polar surface area (TPSA) is 78.0 Å². The predicted molar refractivity (Wildman–Crippen MR) is 58.2 cm³/mol. The Kier molecular flexibility index (Phi) is 2.53. The molecule has 82 valence electrons. The average molecular weight is 237 g/mol. The van der Waals surface area contributed by atoms with Gasteiger partial charge in [0.15, 0.2) is 6.29 Å². The second kappa shape index (κ2) is 3.86. The zero-order valence-electron chi connectivity index (χ0n) is 8.28. The van der Waals surface area contributed by atoms with E-state index in [0.29, 0.717) is 16.9 Å². The van der Waals surface area contributed by atoms with E-state index in [1.807, 2.05) is 0 Å². The van der Waals surface area contributed by atoms with Crippen molar-refractivity contribution in [3.63, 3.8) is 0 Å². The van der Waals surface area contributed by atoms with Gasteiger partial charge in [-0.1, -0.05) is 11.3 Å². The molecule has 0 bridgehead atoms. The smallest absolute Gasteiger partial charge is 0.299 e. The highest BCUT2D eigenvalue weighted by atomic mass is 32.1. The molecule has 2 aromatic rings. The van der Waals surface area contributed by atoms with Crippen LogP contribution in [0.5, 0.6) is 0 Å². The number of aromatic nitrogens is 2. The number of nitrogens with zero attached hydrogens (tertiary/aromatic N) is 3. The first-order valence-corrected chi connectivity index (χ1v) is 5.18. The molecule has 16 heavy (non-hydrogen) atoms. The zero-order chi connectivity index (χ0) is 11.7. The fraction of sp³-hybridized carbons (Fsp3) is 0.111.